The van der Waals surface area contributed by atoms with Gasteiger partial charge in [0, 0.05) is 13.7 Å². The predicted octanol–water partition coefficient (Wildman–Crippen LogP) is 2.04. The van der Waals surface area contributed by atoms with Crippen molar-refractivity contribution in [2.45, 2.75) is 0 Å². The van der Waals surface area contributed by atoms with Crippen LogP contribution in [0.2, 0.25) is 0 Å². The Balaban J connectivity index is 2.63. The highest BCUT2D eigenvalue weighted by molar-refractivity contribution is 7.80. The minimum absolute atomic E-state index is 0.104. The average molecular weight is 264 g/mol. The van der Waals surface area contributed by atoms with Gasteiger partial charge < -0.3 is 15.4 Å². The average Bonchev–Trinajstić information content (AvgIpc) is 2.30. The van der Waals surface area contributed by atoms with Gasteiger partial charge in [-0.25, -0.2) is 13.2 Å². The molecule has 1 rings (SSSR count). The van der Waals surface area contributed by atoms with E-state index in [-0.39, 0.29) is 10.8 Å². The second-order valence-corrected chi connectivity index (χ2v) is 3.50. The molecular weight excluding hydrogens is 253 g/mol. The summed E-state index contributed by atoms with van der Waals surface area (Å²) in [7, 11) is 1.52. The molecule has 0 atom stereocenters. The van der Waals surface area contributed by atoms with E-state index in [1.165, 1.54) is 7.11 Å². The number of hydrogen-bond donors (Lipinski definition) is 2. The Morgan fingerprint density at radius 2 is 2.00 bits per heavy atom. The van der Waals surface area contributed by atoms with Crippen LogP contribution in [0, 0.1) is 17.5 Å². The van der Waals surface area contributed by atoms with E-state index in [0.717, 1.165) is 12.1 Å². The first-order valence-corrected chi connectivity index (χ1v) is 5.14. The normalized spacial score (nSPS) is 10.1. The second-order valence-electron chi connectivity index (χ2n) is 3.10. The van der Waals surface area contributed by atoms with Crippen LogP contribution in [0.4, 0.5) is 18.9 Å². The third-order valence-corrected chi connectivity index (χ3v) is 2.12. The Hall–Kier alpha value is -1.34. The number of thiocarbonyl (C=S) groups is 1. The molecule has 0 heterocycles. The molecule has 3 nitrogen and oxygen atoms in total. The van der Waals surface area contributed by atoms with Crippen LogP contribution in [0.15, 0.2) is 12.1 Å². The summed E-state index contributed by atoms with van der Waals surface area (Å²) < 4.78 is 43.5. The number of ether oxygens (including phenoxy) is 1. The predicted molar refractivity (Wildman–Crippen MR) is 62.4 cm³/mol. The van der Waals surface area contributed by atoms with E-state index >= 15 is 0 Å². The fourth-order valence-electron chi connectivity index (χ4n) is 1.06. The number of methoxy groups -OCH3 is 1. The number of anilines is 1. The van der Waals surface area contributed by atoms with Crippen LogP contribution in [0.1, 0.15) is 0 Å². The standard InChI is InChI=1S/C10H11F3N2OS/c1-16-5-4-14-10(17)15-7-3-2-6(11)8(12)9(7)13/h2-3H,4-5H2,1H3,(H2,14,15,17). The van der Waals surface area contributed by atoms with Gasteiger partial charge in [-0.2, -0.15) is 0 Å². The van der Waals surface area contributed by atoms with Crippen LogP contribution in [0.3, 0.4) is 0 Å². The van der Waals surface area contributed by atoms with Crippen molar-refractivity contribution in [2.24, 2.45) is 0 Å². The molecule has 0 fully saturated rings. The molecule has 0 radical (unpaired) electrons. The van der Waals surface area contributed by atoms with Crippen molar-refractivity contribution in [1.82, 2.24) is 5.32 Å². The van der Waals surface area contributed by atoms with Crippen molar-refractivity contribution in [2.75, 3.05) is 25.6 Å². The molecule has 0 amide bonds. The summed E-state index contributed by atoms with van der Waals surface area (Å²) in [6.45, 7) is 0.843. The Kier molecular flexibility index (Phi) is 5.17. The van der Waals surface area contributed by atoms with E-state index in [9.17, 15) is 13.2 Å². The van der Waals surface area contributed by atoms with Crippen LogP contribution < -0.4 is 10.6 Å². The highest BCUT2D eigenvalue weighted by Crippen LogP contribution is 2.19. The second kappa shape index (κ2) is 6.41. The fourth-order valence-corrected chi connectivity index (χ4v) is 1.27. The molecule has 7 heteroatoms. The Labute approximate surface area is 102 Å². The van der Waals surface area contributed by atoms with E-state index < -0.39 is 17.5 Å². The zero-order valence-electron chi connectivity index (χ0n) is 9.02. The quantitative estimate of drug-likeness (QED) is 0.495. The Bertz CT molecular complexity index is 415. The molecular formula is C10H11F3N2OS. The highest BCUT2D eigenvalue weighted by Gasteiger charge is 2.13. The first kappa shape index (κ1) is 13.7. The molecule has 0 bridgehead atoms. The molecule has 1 aromatic rings. The maximum atomic E-state index is 13.2. The van der Waals surface area contributed by atoms with E-state index in [1.54, 1.807) is 0 Å². The largest absolute Gasteiger partial charge is 0.383 e. The first-order valence-electron chi connectivity index (χ1n) is 4.73. The number of hydrogen-bond acceptors (Lipinski definition) is 2. The number of benzene rings is 1. The summed E-state index contributed by atoms with van der Waals surface area (Å²) in [6.07, 6.45) is 0. The molecule has 0 saturated heterocycles. The topological polar surface area (TPSA) is 33.3 Å². The van der Waals surface area contributed by atoms with Crippen molar-refractivity contribution in [1.29, 1.82) is 0 Å². The third-order valence-electron chi connectivity index (χ3n) is 1.88. The van der Waals surface area contributed by atoms with Crippen molar-refractivity contribution in [3.05, 3.63) is 29.6 Å². The van der Waals surface area contributed by atoms with Crippen molar-refractivity contribution in [3.63, 3.8) is 0 Å². The molecule has 17 heavy (non-hydrogen) atoms. The SMILES string of the molecule is COCCNC(=S)Nc1ccc(F)c(F)c1F. The smallest absolute Gasteiger partial charge is 0.196 e. The zero-order chi connectivity index (χ0) is 12.8. The monoisotopic (exact) mass is 264 g/mol. The molecule has 0 saturated carbocycles. The van der Waals surface area contributed by atoms with Crippen LogP contribution in [-0.2, 0) is 4.74 Å². The van der Waals surface area contributed by atoms with E-state index in [1.807, 2.05) is 0 Å². The fraction of sp³-hybridized carbons (Fsp3) is 0.300. The van der Waals surface area contributed by atoms with Crippen LogP contribution in [0.5, 0.6) is 0 Å². The van der Waals surface area contributed by atoms with Crippen LogP contribution >= 0.6 is 12.2 Å². The third kappa shape index (κ3) is 3.86. The van der Waals surface area contributed by atoms with E-state index in [4.69, 9.17) is 17.0 Å². The lowest BCUT2D eigenvalue weighted by atomic mass is 10.3. The lowest BCUT2D eigenvalue weighted by Gasteiger charge is -2.11. The molecule has 0 aliphatic heterocycles. The van der Waals surface area contributed by atoms with Crippen molar-refractivity contribution >= 4 is 23.0 Å². The molecule has 2 N–H and O–H groups in total. The van der Waals surface area contributed by atoms with Gasteiger partial charge in [-0.15, -0.1) is 0 Å². The van der Waals surface area contributed by atoms with Crippen LogP contribution in [-0.4, -0.2) is 25.4 Å². The Morgan fingerprint density at radius 3 is 2.65 bits per heavy atom. The summed E-state index contributed by atoms with van der Waals surface area (Å²) in [6, 6.07) is 1.89. The molecule has 1 aromatic carbocycles. The van der Waals surface area contributed by atoms with E-state index in [2.05, 4.69) is 10.6 Å². The highest BCUT2D eigenvalue weighted by atomic mass is 32.1. The van der Waals surface area contributed by atoms with E-state index in [0.29, 0.717) is 13.2 Å². The molecule has 0 aromatic heterocycles. The van der Waals surface area contributed by atoms with Gasteiger partial charge >= 0.3 is 0 Å². The summed E-state index contributed by atoms with van der Waals surface area (Å²) in [5.41, 5.74) is -0.223. The molecule has 0 aliphatic rings. The minimum Gasteiger partial charge on any atom is -0.383 e. The van der Waals surface area contributed by atoms with Gasteiger partial charge in [-0.05, 0) is 24.4 Å². The minimum atomic E-state index is -1.53. The zero-order valence-corrected chi connectivity index (χ0v) is 9.84. The van der Waals surface area contributed by atoms with Gasteiger partial charge in [-0.3, -0.25) is 0 Å². The van der Waals surface area contributed by atoms with Crippen LogP contribution in [0.25, 0.3) is 0 Å². The van der Waals surface area contributed by atoms with Gasteiger partial charge in [0.05, 0.1) is 12.3 Å². The number of nitrogens with one attached hydrogen (secondary N) is 2. The first-order chi connectivity index (χ1) is 8.06. The maximum absolute atomic E-state index is 13.2. The Morgan fingerprint density at radius 1 is 1.29 bits per heavy atom. The molecule has 0 unspecified atom stereocenters. The number of rotatable bonds is 4. The van der Waals surface area contributed by atoms with Gasteiger partial charge in [0.25, 0.3) is 0 Å². The van der Waals surface area contributed by atoms with Gasteiger partial charge in [0.15, 0.2) is 22.6 Å². The number of halogens is 3. The van der Waals surface area contributed by atoms with Gasteiger partial charge in [-0.1, -0.05) is 0 Å². The summed E-state index contributed by atoms with van der Waals surface area (Å²) in [5.74, 6) is -4.08. The van der Waals surface area contributed by atoms with Gasteiger partial charge in [0.1, 0.15) is 0 Å². The molecule has 0 spiro atoms. The van der Waals surface area contributed by atoms with Crippen molar-refractivity contribution < 1.29 is 17.9 Å². The lowest BCUT2D eigenvalue weighted by Crippen LogP contribution is -2.31. The summed E-state index contributed by atoms with van der Waals surface area (Å²) in [5, 5.41) is 5.23. The lowest BCUT2D eigenvalue weighted by molar-refractivity contribution is 0.204. The molecule has 0 aliphatic carbocycles. The molecule has 94 valence electrons. The maximum Gasteiger partial charge on any atom is 0.196 e. The summed E-state index contributed by atoms with van der Waals surface area (Å²) >= 11 is 4.82. The van der Waals surface area contributed by atoms with Gasteiger partial charge in [0.2, 0.25) is 0 Å². The summed E-state index contributed by atoms with van der Waals surface area (Å²) in [4.78, 5) is 0. The van der Waals surface area contributed by atoms with Crippen molar-refractivity contribution in [3.8, 4) is 0 Å².